The van der Waals surface area contributed by atoms with Crippen molar-refractivity contribution in [1.29, 1.82) is 0 Å². The SMILES string of the molecule is CCC1CC(=O)c2cccc(C(=O)O)c2O1. The van der Waals surface area contributed by atoms with Crippen LogP contribution in [0.2, 0.25) is 0 Å². The van der Waals surface area contributed by atoms with Crippen molar-refractivity contribution in [1.82, 2.24) is 0 Å². The van der Waals surface area contributed by atoms with Crippen LogP contribution in [0.15, 0.2) is 18.2 Å². The van der Waals surface area contributed by atoms with Crippen molar-refractivity contribution in [3.63, 3.8) is 0 Å². The number of hydrogen-bond donors (Lipinski definition) is 1. The van der Waals surface area contributed by atoms with Gasteiger partial charge in [0.2, 0.25) is 0 Å². The van der Waals surface area contributed by atoms with Gasteiger partial charge in [-0.25, -0.2) is 4.79 Å². The van der Waals surface area contributed by atoms with Crippen LogP contribution in [0.25, 0.3) is 0 Å². The molecular weight excluding hydrogens is 208 g/mol. The number of ether oxygens (including phenoxy) is 1. The van der Waals surface area contributed by atoms with Gasteiger partial charge in [0, 0.05) is 6.42 Å². The van der Waals surface area contributed by atoms with E-state index in [0.717, 1.165) is 0 Å². The highest BCUT2D eigenvalue weighted by atomic mass is 16.5. The largest absolute Gasteiger partial charge is 0.488 e. The molecule has 0 bridgehead atoms. The molecule has 0 amide bonds. The van der Waals surface area contributed by atoms with Crippen molar-refractivity contribution in [2.24, 2.45) is 0 Å². The summed E-state index contributed by atoms with van der Waals surface area (Å²) in [5.74, 6) is -0.893. The molecule has 0 fully saturated rings. The molecule has 0 saturated carbocycles. The van der Waals surface area contributed by atoms with Gasteiger partial charge in [-0.1, -0.05) is 13.0 Å². The number of carbonyl (C=O) groups excluding carboxylic acids is 1. The number of carboxylic acids is 1. The number of Topliss-reactive ketones (excluding diaryl/α,β-unsaturated/α-hetero) is 1. The Bertz CT molecular complexity index is 436. The molecule has 4 nitrogen and oxygen atoms in total. The van der Waals surface area contributed by atoms with Crippen LogP contribution in [0.1, 0.15) is 40.5 Å². The minimum absolute atomic E-state index is 0.0452. The maximum Gasteiger partial charge on any atom is 0.339 e. The quantitative estimate of drug-likeness (QED) is 0.829. The van der Waals surface area contributed by atoms with Crippen LogP contribution in [0, 0.1) is 0 Å². The van der Waals surface area contributed by atoms with E-state index in [0.29, 0.717) is 18.4 Å². The number of para-hydroxylation sites is 1. The first-order valence-corrected chi connectivity index (χ1v) is 5.19. The topological polar surface area (TPSA) is 63.6 Å². The second kappa shape index (κ2) is 3.96. The number of benzene rings is 1. The molecular formula is C12H12O4. The lowest BCUT2D eigenvalue weighted by Crippen LogP contribution is -2.27. The van der Waals surface area contributed by atoms with Crippen molar-refractivity contribution in [2.45, 2.75) is 25.9 Å². The number of carboxylic acid groups (broad SMARTS) is 1. The van der Waals surface area contributed by atoms with E-state index < -0.39 is 5.97 Å². The molecule has 0 aliphatic carbocycles. The van der Waals surface area contributed by atoms with Gasteiger partial charge in [0.15, 0.2) is 5.78 Å². The van der Waals surface area contributed by atoms with Crippen LogP contribution in [-0.4, -0.2) is 23.0 Å². The fraction of sp³-hybridized carbons (Fsp3) is 0.333. The van der Waals surface area contributed by atoms with E-state index in [2.05, 4.69) is 0 Å². The van der Waals surface area contributed by atoms with E-state index in [9.17, 15) is 9.59 Å². The van der Waals surface area contributed by atoms with E-state index in [1.165, 1.54) is 6.07 Å². The van der Waals surface area contributed by atoms with Crippen LogP contribution in [0.3, 0.4) is 0 Å². The van der Waals surface area contributed by atoms with E-state index >= 15 is 0 Å². The fourth-order valence-corrected chi connectivity index (χ4v) is 1.80. The summed E-state index contributed by atoms with van der Waals surface area (Å²) in [4.78, 5) is 22.7. The first-order chi connectivity index (χ1) is 7.63. The third-order valence-corrected chi connectivity index (χ3v) is 2.70. The zero-order valence-electron chi connectivity index (χ0n) is 8.90. The molecule has 1 atom stereocenters. The number of carbonyl (C=O) groups is 2. The third-order valence-electron chi connectivity index (χ3n) is 2.70. The van der Waals surface area contributed by atoms with Crippen molar-refractivity contribution in [3.05, 3.63) is 29.3 Å². The van der Waals surface area contributed by atoms with E-state index in [-0.39, 0.29) is 23.2 Å². The van der Waals surface area contributed by atoms with Crippen LogP contribution in [0.5, 0.6) is 5.75 Å². The van der Waals surface area contributed by atoms with Crippen molar-refractivity contribution >= 4 is 11.8 Å². The van der Waals surface area contributed by atoms with Gasteiger partial charge >= 0.3 is 5.97 Å². The first-order valence-electron chi connectivity index (χ1n) is 5.19. The fourth-order valence-electron chi connectivity index (χ4n) is 1.80. The molecule has 0 aromatic heterocycles. The standard InChI is InChI=1S/C12H12O4/c1-2-7-6-10(13)8-4-3-5-9(12(14)15)11(8)16-7/h3-5,7H,2,6H2,1H3,(H,14,15). The minimum Gasteiger partial charge on any atom is -0.488 e. The average Bonchev–Trinajstić information content (AvgIpc) is 2.28. The molecule has 1 aromatic carbocycles. The Morgan fingerprint density at radius 1 is 1.56 bits per heavy atom. The molecule has 2 rings (SSSR count). The third kappa shape index (κ3) is 1.66. The van der Waals surface area contributed by atoms with Gasteiger partial charge in [-0.15, -0.1) is 0 Å². The zero-order valence-corrected chi connectivity index (χ0v) is 8.90. The van der Waals surface area contributed by atoms with Gasteiger partial charge in [-0.05, 0) is 18.6 Å². The molecule has 0 radical (unpaired) electrons. The number of hydrogen-bond acceptors (Lipinski definition) is 3. The maximum absolute atomic E-state index is 11.8. The molecule has 1 aliphatic rings. The molecule has 84 valence electrons. The van der Waals surface area contributed by atoms with Crippen molar-refractivity contribution < 1.29 is 19.4 Å². The molecule has 16 heavy (non-hydrogen) atoms. The van der Waals surface area contributed by atoms with Crippen LogP contribution < -0.4 is 4.74 Å². The summed E-state index contributed by atoms with van der Waals surface area (Å²) in [5, 5.41) is 8.99. The molecule has 1 unspecified atom stereocenters. The van der Waals surface area contributed by atoms with Crippen LogP contribution >= 0.6 is 0 Å². The lowest BCUT2D eigenvalue weighted by Gasteiger charge is -2.25. The monoisotopic (exact) mass is 220 g/mol. The number of fused-ring (bicyclic) bond motifs is 1. The molecule has 1 aromatic rings. The summed E-state index contributed by atoms with van der Waals surface area (Å²) in [6, 6.07) is 4.62. The Morgan fingerprint density at radius 2 is 2.31 bits per heavy atom. The van der Waals surface area contributed by atoms with Gasteiger partial charge in [0.25, 0.3) is 0 Å². The predicted molar refractivity (Wildman–Crippen MR) is 57.1 cm³/mol. The Kier molecular flexibility index (Phi) is 2.64. The van der Waals surface area contributed by atoms with Crippen LogP contribution in [-0.2, 0) is 0 Å². The highest BCUT2D eigenvalue weighted by molar-refractivity contribution is 6.04. The lowest BCUT2D eigenvalue weighted by atomic mass is 9.97. The maximum atomic E-state index is 11.8. The number of aromatic carboxylic acids is 1. The smallest absolute Gasteiger partial charge is 0.339 e. The summed E-state index contributed by atoms with van der Waals surface area (Å²) in [6.07, 6.45) is 0.812. The summed E-state index contributed by atoms with van der Waals surface area (Å²) in [6.45, 7) is 1.91. The normalized spacial score (nSPS) is 18.8. The minimum atomic E-state index is -1.07. The number of ketones is 1. The lowest BCUT2D eigenvalue weighted by molar-refractivity contribution is 0.0683. The Labute approximate surface area is 92.8 Å². The highest BCUT2D eigenvalue weighted by Gasteiger charge is 2.28. The summed E-state index contributed by atoms with van der Waals surface area (Å²) in [5.41, 5.74) is 0.439. The Balaban J connectivity index is 2.52. The summed E-state index contributed by atoms with van der Waals surface area (Å²) >= 11 is 0. The second-order valence-corrected chi connectivity index (χ2v) is 3.76. The first kappa shape index (κ1) is 10.7. The van der Waals surface area contributed by atoms with E-state index in [1.807, 2.05) is 6.92 Å². The summed E-state index contributed by atoms with van der Waals surface area (Å²) < 4.78 is 5.54. The molecule has 0 spiro atoms. The molecule has 1 N–H and O–H groups in total. The van der Waals surface area contributed by atoms with Gasteiger partial charge in [-0.3, -0.25) is 4.79 Å². The van der Waals surface area contributed by atoms with Gasteiger partial charge in [0.05, 0.1) is 5.56 Å². The highest BCUT2D eigenvalue weighted by Crippen LogP contribution is 2.32. The van der Waals surface area contributed by atoms with Gasteiger partial charge in [0.1, 0.15) is 17.4 Å². The molecule has 0 saturated heterocycles. The molecule has 1 aliphatic heterocycles. The summed E-state index contributed by atoms with van der Waals surface area (Å²) in [7, 11) is 0. The molecule has 4 heteroatoms. The van der Waals surface area contributed by atoms with Crippen molar-refractivity contribution in [2.75, 3.05) is 0 Å². The van der Waals surface area contributed by atoms with E-state index in [4.69, 9.17) is 9.84 Å². The molecule has 1 heterocycles. The van der Waals surface area contributed by atoms with E-state index in [1.54, 1.807) is 12.1 Å². The second-order valence-electron chi connectivity index (χ2n) is 3.76. The number of rotatable bonds is 2. The van der Waals surface area contributed by atoms with Gasteiger partial charge in [-0.2, -0.15) is 0 Å². The van der Waals surface area contributed by atoms with Crippen LogP contribution in [0.4, 0.5) is 0 Å². The predicted octanol–water partition coefficient (Wildman–Crippen LogP) is 2.13. The Morgan fingerprint density at radius 3 is 2.94 bits per heavy atom. The van der Waals surface area contributed by atoms with Crippen molar-refractivity contribution in [3.8, 4) is 5.75 Å². The van der Waals surface area contributed by atoms with Gasteiger partial charge < -0.3 is 9.84 Å². The zero-order chi connectivity index (χ0) is 11.7. The average molecular weight is 220 g/mol. The Hall–Kier alpha value is -1.84.